The van der Waals surface area contributed by atoms with Gasteiger partial charge in [-0.05, 0) is 28.8 Å². The van der Waals surface area contributed by atoms with Crippen molar-refractivity contribution >= 4 is 21.7 Å². The molecule has 3 aromatic rings. The van der Waals surface area contributed by atoms with E-state index in [1.165, 1.54) is 0 Å². The molecule has 0 aliphatic carbocycles. The predicted octanol–water partition coefficient (Wildman–Crippen LogP) is 5.51. The van der Waals surface area contributed by atoms with Crippen LogP contribution in [-0.2, 0) is 6.61 Å². The molecule has 0 spiro atoms. The maximum Gasteiger partial charge on any atom is 0.177 e. The summed E-state index contributed by atoms with van der Waals surface area (Å²) in [5.74, 6) is 0.627. The molecule has 24 heavy (non-hydrogen) atoms. The number of benzene rings is 3. The number of carbonyl (C=O) groups is 1. The van der Waals surface area contributed by atoms with E-state index in [1.807, 2.05) is 78.9 Å². The Bertz CT molecular complexity index is 814. The quantitative estimate of drug-likeness (QED) is 0.416. The summed E-state index contributed by atoms with van der Waals surface area (Å²) in [6.45, 7) is 0.432. The maximum atomic E-state index is 12.2. The number of ketones is 1. The summed E-state index contributed by atoms with van der Waals surface area (Å²) >= 11 is 3.24. The Balaban J connectivity index is 1.92. The summed E-state index contributed by atoms with van der Waals surface area (Å²) in [7, 11) is 0. The number of Topliss-reactive ketones (excluding diaryl/α,β-unsaturated/α-hetero) is 1. The van der Waals surface area contributed by atoms with Crippen molar-refractivity contribution in [3.63, 3.8) is 0 Å². The minimum absolute atomic E-state index is 0.0117. The first-order valence-electron chi connectivity index (χ1n) is 7.73. The molecule has 120 valence electrons. The van der Waals surface area contributed by atoms with Crippen LogP contribution in [0.2, 0.25) is 0 Å². The molecule has 0 aliphatic heterocycles. The lowest BCUT2D eigenvalue weighted by Crippen LogP contribution is -2.05. The molecule has 3 aromatic carbocycles. The highest BCUT2D eigenvalue weighted by Gasteiger charge is 2.13. The first-order chi connectivity index (χ1) is 11.8. The van der Waals surface area contributed by atoms with Gasteiger partial charge < -0.3 is 4.74 Å². The zero-order chi connectivity index (χ0) is 16.8. The summed E-state index contributed by atoms with van der Waals surface area (Å²) in [4.78, 5) is 12.2. The minimum Gasteiger partial charge on any atom is -0.488 e. The van der Waals surface area contributed by atoms with Gasteiger partial charge in [0.05, 0.1) is 10.9 Å². The normalized spacial score (nSPS) is 10.4. The van der Waals surface area contributed by atoms with Gasteiger partial charge in [0.15, 0.2) is 5.78 Å². The summed E-state index contributed by atoms with van der Waals surface area (Å²) in [6.07, 6.45) is 0. The van der Waals surface area contributed by atoms with Gasteiger partial charge in [0, 0.05) is 0 Å². The third-order valence-corrected chi connectivity index (χ3v) is 4.26. The molecule has 0 heterocycles. The van der Waals surface area contributed by atoms with Crippen LogP contribution in [0.1, 0.15) is 15.9 Å². The zero-order valence-corrected chi connectivity index (χ0v) is 14.7. The Kier molecular flexibility index (Phi) is 5.44. The van der Waals surface area contributed by atoms with Crippen molar-refractivity contribution in [3.8, 4) is 16.9 Å². The van der Waals surface area contributed by atoms with E-state index < -0.39 is 0 Å². The summed E-state index contributed by atoms with van der Waals surface area (Å²) in [5, 5.41) is 0.277. The molecule has 0 saturated heterocycles. The highest BCUT2D eigenvalue weighted by atomic mass is 79.9. The van der Waals surface area contributed by atoms with Gasteiger partial charge in [-0.2, -0.15) is 0 Å². The molecule has 0 radical (unpaired) electrons. The molecule has 0 atom stereocenters. The van der Waals surface area contributed by atoms with E-state index in [-0.39, 0.29) is 11.1 Å². The van der Waals surface area contributed by atoms with Crippen LogP contribution in [0.3, 0.4) is 0 Å². The Labute approximate surface area is 150 Å². The summed E-state index contributed by atoms with van der Waals surface area (Å²) < 4.78 is 5.97. The molecule has 0 unspecified atom stereocenters. The van der Waals surface area contributed by atoms with E-state index in [0.717, 1.165) is 16.7 Å². The van der Waals surface area contributed by atoms with E-state index in [2.05, 4.69) is 15.9 Å². The predicted molar refractivity (Wildman–Crippen MR) is 101 cm³/mol. The number of rotatable bonds is 6. The van der Waals surface area contributed by atoms with Gasteiger partial charge in [0.2, 0.25) is 0 Å². The first-order valence-corrected chi connectivity index (χ1v) is 8.85. The van der Waals surface area contributed by atoms with Crippen LogP contribution in [0.15, 0.2) is 78.9 Å². The number of hydrogen-bond acceptors (Lipinski definition) is 2. The second-order valence-corrected chi connectivity index (χ2v) is 5.97. The van der Waals surface area contributed by atoms with E-state index in [4.69, 9.17) is 4.74 Å². The van der Waals surface area contributed by atoms with Crippen LogP contribution in [0.4, 0.5) is 0 Å². The van der Waals surface area contributed by atoms with Crippen LogP contribution in [0.25, 0.3) is 11.1 Å². The molecule has 0 amide bonds. The summed E-state index contributed by atoms with van der Waals surface area (Å²) in [5.41, 5.74) is 3.80. The second kappa shape index (κ2) is 7.93. The monoisotopic (exact) mass is 380 g/mol. The highest BCUT2D eigenvalue weighted by molar-refractivity contribution is 9.09. The molecule has 0 aliphatic rings. The average Bonchev–Trinajstić information content (AvgIpc) is 2.67. The fourth-order valence-corrected chi connectivity index (χ4v) is 2.79. The third-order valence-electron chi connectivity index (χ3n) is 3.75. The van der Waals surface area contributed by atoms with E-state index in [0.29, 0.717) is 17.9 Å². The van der Waals surface area contributed by atoms with Crippen molar-refractivity contribution in [2.75, 3.05) is 5.33 Å². The van der Waals surface area contributed by atoms with Gasteiger partial charge in [-0.3, -0.25) is 4.79 Å². The van der Waals surface area contributed by atoms with Crippen molar-refractivity contribution in [2.24, 2.45) is 0 Å². The molecule has 0 N–H and O–H groups in total. The van der Waals surface area contributed by atoms with Gasteiger partial charge in [-0.25, -0.2) is 0 Å². The van der Waals surface area contributed by atoms with Crippen LogP contribution < -0.4 is 4.74 Å². The van der Waals surface area contributed by atoms with Crippen molar-refractivity contribution in [3.05, 3.63) is 90.0 Å². The smallest absolute Gasteiger partial charge is 0.177 e. The topological polar surface area (TPSA) is 26.3 Å². The van der Waals surface area contributed by atoms with Gasteiger partial charge in [0.1, 0.15) is 12.4 Å². The standard InChI is InChI=1S/C21H17BrO2/c22-14-20(23)19-12-11-18(17-9-5-2-6-10-17)13-21(19)24-15-16-7-3-1-4-8-16/h1-13H,14-15H2. The van der Waals surface area contributed by atoms with E-state index in [1.54, 1.807) is 0 Å². The van der Waals surface area contributed by atoms with Crippen molar-refractivity contribution in [2.45, 2.75) is 6.61 Å². The van der Waals surface area contributed by atoms with E-state index in [9.17, 15) is 4.79 Å². The largest absolute Gasteiger partial charge is 0.488 e. The SMILES string of the molecule is O=C(CBr)c1ccc(-c2ccccc2)cc1OCc1ccccc1. The van der Waals surface area contributed by atoms with Crippen LogP contribution in [-0.4, -0.2) is 11.1 Å². The highest BCUT2D eigenvalue weighted by Crippen LogP contribution is 2.28. The molecular weight excluding hydrogens is 364 g/mol. The molecule has 3 heteroatoms. The number of ether oxygens (including phenoxy) is 1. The Morgan fingerprint density at radius 2 is 1.50 bits per heavy atom. The number of halogens is 1. The van der Waals surface area contributed by atoms with Gasteiger partial charge >= 0.3 is 0 Å². The first kappa shape index (κ1) is 16.5. The lowest BCUT2D eigenvalue weighted by molar-refractivity contribution is 0.101. The Morgan fingerprint density at radius 3 is 2.17 bits per heavy atom. The average molecular weight is 381 g/mol. The van der Waals surface area contributed by atoms with Gasteiger partial charge in [-0.1, -0.05) is 82.7 Å². The van der Waals surface area contributed by atoms with Crippen LogP contribution in [0.5, 0.6) is 5.75 Å². The minimum atomic E-state index is 0.0117. The number of hydrogen-bond donors (Lipinski definition) is 0. The van der Waals surface area contributed by atoms with Crippen molar-refractivity contribution in [1.82, 2.24) is 0 Å². The van der Waals surface area contributed by atoms with Crippen molar-refractivity contribution in [1.29, 1.82) is 0 Å². The maximum absolute atomic E-state index is 12.2. The number of carbonyl (C=O) groups excluding carboxylic acids is 1. The molecule has 0 aromatic heterocycles. The molecular formula is C21H17BrO2. The van der Waals surface area contributed by atoms with Crippen molar-refractivity contribution < 1.29 is 9.53 Å². The van der Waals surface area contributed by atoms with Crippen LogP contribution >= 0.6 is 15.9 Å². The fourth-order valence-electron chi connectivity index (χ4n) is 2.49. The van der Waals surface area contributed by atoms with Crippen LogP contribution in [0, 0.1) is 0 Å². The third kappa shape index (κ3) is 3.92. The second-order valence-electron chi connectivity index (χ2n) is 5.41. The van der Waals surface area contributed by atoms with E-state index >= 15 is 0 Å². The Hall–Kier alpha value is -2.39. The lowest BCUT2D eigenvalue weighted by atomic mass is 10.0. The molecule has 0 saturated carbocycles. The van der Waals surface area contributed by atoms with Gasteiger partial charge in [0.25, 0.3) is 0 Å². The molecule has 2 nitrogen and oxygen atoms in total. The zero-order valence-electron chi connectivity index (χ0n) is 13.1. The fraction of sp³-hybridized carbons (Fsp3) is 0.0952. The molecule has 3 rings (SSSR count). The Morgan fingerprint density at radius 1 is 0.833 bits per heavy atom. The molecule has 0 fully saturated rings. The molecule has 0 bridgehead atoms. The summed E-state index contributed by atoms with van der Waals surface area (Å²) in [6, 6.07) is 25.7. The van der Waals surface area contributed by atoms with Gasteiger partial charge in [-0.15, -0.1) is 0 Å². The number of alkyl halides is 1. The lowest BCUT2D eigenvalue weighted by Gasteiger charge is -2.12.